The van der Waals surface area contributed by atoms with Crippen molar-refractivity contribution in [3.63, 3.8) is 0 Å². The number of aliphatic imine (C=N–C) groups is 1. The molecule has 0 bridgehead atoms. The number of anilines is 1. The van der Waals surface area contributed by atoms with E-state index in [-0.39, 0.29) is 17.1 Å². The first-order valence-electron chi connectivity index (χ1n) is 12.2. The smallest absolute Gasteiger partial charge is 0.494 e. The van der Waals surface area contributed by atoms with Crippen molar-refractivity contribution < 1.29 is 26.7 Å². The molecule has 204 valence electrons. The van der Waals surface area contributed by atoms with Gasteiger partial charge < -0.3 is 15.4 Å². The molecule has 4 N–H and O–H groups in total. The molecular formula is C27H26F3N5O3S. The van der Waals surface area contributed by atoms with Gasteiger partial charge in [-0.15, -0.1) is 0 Å². The summed E-state index contributed by atoms with van der Waals surface area (Å²) in [5, 5.41) is 14.5. The summed E-state index contributed by atoms with van der Waals surface area (Å²) in [6, 6.07) is 20.5. The topological polar surface area (TPSA) is 110 Å². The summed E-state index contributed by atoms with van der Waals surface area (Å²) >= 11 is 0. The van der Waals surface area contributed by atoms with Gasteiger partial charge in [0.05, 0.1) is 17.0 Å². The molecule has 0 unspecified atom stereocenters. The van der Waals surface area contributed by atoms with Crippen molar-refractivity contribution in [1.29, 1.82) is 0 Å². The summed E-state index contributed by atoms with van der Waals surface area (Å²) < 4.78 is 63.7. The minimum Gasteiger partial charge on any atom is -0.494 e. The number of aromatic hydroxyl groups is 1. The third-order valence-corrected chi connectivity index (χ3v) is 7.53. The number of sulfonamides is 1. The zero-order valence-corrected chi connectivity index (χ0v) is 21.5. The van der Waals surface area contributed by atoms with Crippen LogP contribution in [0.1, 0.15) is 16.7 Å². The van der Waals surface area contributed by atoms with E-state index in [1.165, 1.54) is 18.2 Å². The summed E-state index contributed by atoms with van der Waals surface area (Å²) in [4.78, 5) is 9.97. The van der Waals surface area contributed by atoms with Crippen LogP contribution in [0, 0.1) is 0 Å². The summed E-state index contributed by atoms with van der Waals surface area (Å²) in [5.74, 6) is -0.251. The van der Waals surface area contributed by atoms with Gasteiger partial charge in [0, 0.05) is 54.9 Å². The lowest BCUT2D eigenvalue weighted by atomic mass is 10.0. The Kier molecular flexibility index (Phi) is 7.34. The lowest BCUT2D eigenvalue weighted by Crippen LogP contribution is -2.42. The lowest BCUT2D eigenvalue weighted by molar-refractivity contribution is -0.0429. The van der Waals surface area contributed by atoms with E-state index >= 15 is 0 Å². The third-order valence-electron chi connectivity index (χ3n) is 6.41. The zero-order valence-electron chi connectivity index (χ0n) is 20.7. The number of fused-ring (bicyclic) bond motifs is 1. The first-order valence-corrected chi connectivity index (χ1v) is 13.7. The van der Waals surface area contributed by atoms with Crippen molar-refractivity contribution in [2.24, 2.45) is 4.99 Å². The second kappa shape index (κ2) is 10.7. The fourth-order valence-electron chi connectivity index (χ4n) is 4.49. The van der Waals surface area contributed by atoms with Crippen LogP contribution in [0.2, 0.25) is 0 Å². The van der Waals surface area contributed by atoms with Crippen molar-refractivity contribution in [3.8, 4) is 5.88 Å². The number of benzene rings is 3. The highest BCUT2D eigenvalue weighted by Crippen LogP contribution is 2.34. The molecule has 1 aliphatic rings. The van der Waals surface area contributed by atoms with E-state index in [0.717, 1.165) is 38.3 Å². The fourth-order valence-corrected chi connectivity index (χ4v) is 5.04. The molecule has 12 heteroatoms. The number of hydrogen-bond acceptors (Lipinski definition) is 6. The van der Waals surface area contributed by atoms with Gasteiger partial charge in [0.15, 0.2) is 5.88 Å². The molecule has 0 aliphatic carbocycles. The molecule has 0 saturated carbocycles. The Hall–Kier alpha value is -3.87. The van der Waals surface area contributed by atoms with Crippen molar-refractivity contribution >= 4 is 38.0 Å². The van der Waals surface area contributed by atoms with Gasteiger partial charge in [-0.05, 0) is 35.9 Å². The van der Waals surface area contributed by atoms with Gasteiger partial charge in [0.2, 0.25) is 0 Å². The highest BCUT2D eigenvalue weighted by molar-refractivity contribution is 7.93. The predicted molar refractivity (Wildman–Crippen MR) is 145 cm³/mol. The number of H-pyrrole nitrogens is 1. The number of aromatic amines is 1. The zero-order chi connectivity index (χ0) is 27.6. The van der Waals surface area contributed by atoms with E-state index < -0.39 is 15.5 Å². The van der Waals surface area contributed by atoms with Gasteiger partial charge in [-0.2, -0.15) is 21.6 Å². The number of nitrogens with zero attached hydrogens (tertiary/aromatic N) is 2. The standard InChI is InChI=1S/C27H26F3N5O3S/c28-27(29,30)39(37,38)34-21-10-11-23-22(16-21)24(26(36)33-23)25(19-4-2-1-3-5-19)32-20-8-6-18(7-9-20)17-35-14-12-31-13-15-35/h1-11,16,31,33-34,36H,12-15,17H2. The summed E-state index contributed by atoms with van der Waals surface area (Å²) in [6.45, 7) is 4.67. The van der Waals surface area contributed by atoms with E-state index in [2.05, 4.69) is 15.2 Å². The van der Waals surface area contributed by atoms with Crippen LogP contribution in [0.3, 0.4) is 0 Å². The van der Waals surface area contributed by atoms with Gasteiger partial charge in [-0.1, -0.05) is 42.5 Å². The molecule has 2 heterocycles. The average Bonchev–Trinajstić information content (AvgIpc) is 3.23. The number of hydrogen-bond donors (Lipinski definition) is 4. The molecule has 39 heavy (non-hydrogen) atoms. The Morgan fingerprint density at radius 3 is 2.36 bits per heavy atom. The molecule has 0 radical (unpaired) electrons. The Bertz CT molecular complexity index is 1600. The first kappa shape index (κ1) is 26.7. The van der Waals surface area contributed by atoms with Gasteiger partial charge >= 0.3 is 15.5 Å². The lowest BCUT2D eigenvalue weighted by Gasteiger charge is -2.27. The highest BCUT2D eigenvalue weighted by Gasteiger charge is 2.46. The van der Waals surface area contributed by atoms with E-state index in [1.807, 2.05) is 30.3 Å². The molecule has 0 atom stereocenters. The van der Waals surface area contributed by atoms with Crippen LogP contribution in [0.5, 0.6) is 5.88 Å². The normalized spacial score (nSPS) is 15.5. The summed E-state index contributed by atoms with van der Waals surface area (Å²) in [7, 11) is -5.62. The van der Waals surface area contributed by atoms with E-state index in [1.54, 1.807) is 29.0 Å². The number of aromatic nitrogens is 1. The molecule has 1 aromatic heterocycles. The average molecular weight is 558 g/mol. The minimum atomic E-state index is -5.62. The van der Waals surface area contributed by atoms with Crippen molar-refractivity contribution in [3.05, 3.63) is 89.5 Å². The molecule has 8 nitrogen and oxygen atoms in total. The van der Waals surface area contributed by atoms with Crippen LogP contribution < -0.4 is 10.0 Å². The van der Waals surface area contributed by atoms with Gasteiger partial charge in [0.25, 0.3) is 0 Å². The Labute approximate surface area is 223 Å². The number of nitrogens with one attached hydrogen (secondary N) is 3. The molecule has 4 aromatic rings. The second-order valence-electron chi connectivity index (χ2n) is 9.18. The van der Waals surface area contributed by atoms with Crippen molar-refractivity contribution in [1.82, 2.24) is 15.2 Å². The van der Waals surface area contributed by atoms with Gasteiger partial charge in [-0.3, -0.25) is 9.62 Å². The Morgan fingerprint density at radius 2 is 1.69 bits per heavy atom. The van der Waals surface area contributed by atoms with Crippen molar-refractivity contribution in [2.45, 2.75) is 12.1 Å². The van der Waals surface area contributed by atoms with Crippen LogP contribution in [0.15, 0.2) is 77.8 Å². The molecule has 0 spiro atoms. The summed E-state index contributed by atoms with van der Waals surface area (Å²) in [5.41, 5.74) is -2.39. The first-order chi connectivity index (χ1) is 18.6. The summed E-state index contributed by atoms with van der Waals surface area (Å²) in [6.07, 6.45) is 0. The maximum absolute atomic E-state index is 12.9. The van der Waals surface area contributed by atoms with Crippen LogP contribution in [0.4, 0.5) is 24.5 Å². The van der Waals surface area contributed by atoms with Crippen LogP contribution in [-0.2, 0) is 16.6 Å². The quantitative estimate of drug-likeness (QED) is 0.246. The van der Waals surface area contributed by atoms with Crippen molar-refractivity contribution in [2.75, 3.05) is 30.9 Å². The molecule has 3 aromatic carbocycles. The molecule has 1 aliphatic heterocycles. The van der Waals surface area contributed by atoms with Crippen LogP contribution in [-0.4, -0.2) is 60.8 Å². The molecule has 1 fully saturated rings. The number of halogens is 3. The van der Waals surface area contributed by atoms with E-state index in [4.69, 9.17) is 4.99 Å². The van der Waals surface area contributed by atoms with Crippen LogP contribution in [0.25, 0.3) is 10.9 Å². The predicted octanol–water partition coefficient (Wildman–Crippen LogP) is 4.71. The van der Waals surface area contributed by atoms with E-state index in [9.17, 15) is 26.7 Å². The third kappa shape index (κ3) is 5.92. The number of alkyl halides is 3. The second-order valence-corrected chi connectivity index (χ2v) is 10.9. The molecule has 1 saturated heterocycles. The highest BCUT2D eigenvalue weighted by atomic mass is 32.2. The molecular weight excluding hydrogens is 531 g/mol. The maximum Gasteiger partial charge on any atom is 0.516 e. The van der Waals surface area contributed by atoms with Gasteiger partial charge in [0.1, 0.15) is 0 Å². The Morgan fingerprint density at radius 1 is 1.00 bits per heavy atom. The van der Waals surface area contributed by atoms with Gasteiger partial charge in [-0.25, -0.2) is 4.99 Å². The Balaban J connectivity index is 1.55. The minimum absolute atomic E-state index is 0.231. The SMILES string of the molecule is O=S(=O)(Nc1ccc2[nH]c(O)c(C(=Nc3ccc(CN4CCNCC4)cc3)c3ccccc3)c2c1)C(F)(F)F. The molecule has 5 rings (SSSR count). The maximum atomic E-state index is 12.9. The van der Waals surface area contributed by atoms with Crippen LogP contribution >= 0.6 is 0 Å². The monoisotopic (exact) mass is 557 g/mol. The number of piperazine rings is 1. The largest absolute Gasteiger partial charge is 0.516 e. The molecule has 0 amide bonds. The fraction of sp³-hybridized carbons (Fsp3) is 0.222. The van der Waals surface area contributed by atoms with E-state index in [0.29, 0.717) is 27.9 Å². The number of rotatable bonds is 7.